The number of aryl methyl sites for hydroxylation is 2. The van der Waals surface area contributed by atoms with Crippen LogP contribution in [0.4, 0.5) is 5.13 Å². The van der Waals surface area contributed by atoms with E-state index in [-0.39, 0.29) is 5.91 Å². The highest BCUT2D eigenvalue weighted by atomic mass is 79.9. The molecule has 0 aliphatic rings. The maximum atomic E-state index is 12.3. The summed E-state index contributed by atoms with van der Waals surface area (Å²) in [5, 5.41) is 12.2. The van der Waals surface area contributed by atoms with Crippen molar-refractivity contribution in [1.29, 1.82) is 0 Å². The number of rotatable bonds is 5. The third kappa shape index (κ3) is 4.75. The standard InChI is InChI=1S/C23H18BrN3O2S/c1-14-3-10-20(13-15(14)2)29-19-11-6-17(7-12-19)22-26-27-23(30-22)25-21(28)16-4-8-18(24)9-5-16/h3-13H,1-2H3,(H,25,27,28). The van der Waals surface area contributed by atoms with Gasteiger partial charge in [-0.2, -0.15) is 0 Å². The van der Waals surface area contributed by atoms with E-state index >= 15 is 0 Å². The summed E-state index contributed by atoms with van der Waals surface area (Å²) in [6.07, 6.45) is 0. The van der Waals surface area contributed by atoms with Crippen molar-refractivity contribution in [2.24, 2.45) is 0 Å². The Kier molecular flexibility index (Phi) is 5.92. The van der Waals surface area contributed by atoms with Crippen LogP contribution in [0.2, 0.25) is 0 Å². The Morgan fingerprint density at radius 2 is 1.60 bits per heavy atom. The van der Waals surface area contributed by atoms with E-state index in [0.29, 0.717) is 10.7 Å². The monoisotopic (exact) mass is 479 g/mol. The Morgan fingerprint density at radius 3 is 2.30 bits per heavy atom. The van der Waals surface area contributed by atoms with Crippen LogP contribution < -0.4 is 10.1 Å². The summed E-state index contributed by atoms with van der Waals surface area (Å²) >= 11 is 4.68. The van der Waals surface area contributed by atoms with Crippen LogP contribution >= 0.6 is 27.3 Å². The van der Waals surface area contributed by atoms with Crippen molar-refractivity contribution in [3.8, 4) is 22.1 Å². The topological polar surface area (TPSA) is 64.1 Å². The molecule has 0 unspecified atom stereocenters. The van der Waals surface area contributed by atoms with Crippen molar-refractivity contribution in [1.82, 2.24) is 10.2 Å². The van der Waals surface area contributed by atoms with E-state index in [2.05, 4.69) is 45.3 Å². The number of carbonyl (C=O) groups excluding carboxylic acids is 1. The molecular weight excluding hydrogens is 462 g/mol. The van der Waals surface area contributed by atoms with Crippen molar-refractivity contribution >= 4 is 38.3 Å². The molecule has 0 bridgehead atoms. The van der Waals surface area contributed by atoms with Crippen LogP contribution in [0.3, 0.4) is 0 Å². The molecule has 4 aromatic rings. The van der Waals surface area contributed by atoms with Crippen LogP contribution in [0.15, 0.2) is 71.2 Å². The second-order valence-electron chi connectivity index (χ2n) is 6.75. The molecule has 0 saturated heterocycles. The number of aromatic nitrogens is 2. The summed E-state index contributed by atoms with van der Waals surface area (Å²) in [5.41, 5.74) is 3.89. The zero-order chi connectivity index (χ0) is 21.1. The molecular formula is C23H18BrN3O2S. The number of benzene rings is 3. The molecule has 1 N–H and O–H groups in total. The summed E-state index contributed by atoms with van der Waals surface area (Å²) in [6.45, 7) is 4.14. The largest absolute Gasteiger partial charge is 0.457 e. The van der Waals surface area contributed by atoms with E-state index in [1.807, 2.05) is 54.6 Å². The molecule has 0 radical (unpaired) electrons. The fraction of sp³-hybridized carbons (Fsp3) is 0.0870. The van der Waals surface area contributed by atoms with Gasteiger partial charge in [-0.1, -0.05) is 33.3 Å². The Balaban J connectivity index is 1.43. The van der Waals surface area contributed by atoms with Gasteiger partial charge < -0.3 is 4.74 Å². The number of hydrogen-bond acceptors (Lipinski definition) is 5. The number of ether oxygens (including phenoxy) is 1. The summed E-state index contributed by atoms with van der Waals surface area (Å²) in [6, 6.07) is 20.8. The molecule has 0 atom stereocenters. The second kappa shape index (κ2) is 8.77. The maximum Gasteiger partial charge on any atom is 0.257 e. The average molecular weight is 480 g/mol. The van der Waals surface area contributed by atoms with Crippen molar-refractivity contribution in [3.63, 3.8) is 0 Å². The highest BCUT2D eigenvalue weighted by Crippen LogP contribution is 2.30. The summed E-state index contributed by atoms with van der Waals surface area (Å²) < 4.78 is 6.85. The van der Waals surface area contributed by atoms with E-state index in [0.717, 1.165) is 26.5 Å². The van der Waals surface area contributed by atoms with Gasteiger partial charge in [0.25, 0.3) is 5.91 Å². The van der Waals surface area contributed by atoms with Crippen molar-refractivity contribution in [2.75, 3.05) is 5.32 Å². The first-order valence-electron chi connectivity index (χ1n) is 9.24. The maximum absolute atomic E-state index is 12.3. The van der Waals surface area contributed by atoms with E-state index in [9.17, 15) is 4.79 Å². The van der Waals surface area contributed by atoms with Crippen LogP contribution in [-0.4, -0.2) is 16.1 Å². The van der Waals surface area contributed by atoms with Gasteiger partial charge >= 0.3 is 0 Å². The number of carbonyl (C=O) groups is 1. The minimum Gasteiger partial charge on any atom is -0.457 e. The zero-order valence-corrected chi connectivity index (χ0v) is 18.8. The van der Waals surface area contributed by atoms with Crippen LogP contribution in [0.5, 0.6) is 11.5 Å². The zero-order valence-electron chi connectivity index (χ0n) is 16.3. The molecule has 0 fully saturated rings. The first-order chi connectivity index (χ1) is 14.5. The molecule has 1 amide bonds. The predicted molar refractivity (Wildman–Crippen MR) is 123 cm³/mol. The SMILES string of the molecule is Cc1ccc(Oc2ccc(-c3nnc(NC(=O)c4ccc(Br)cc4)s3)cc2)cc1C. The van der Waals surface area contributed by atoms with Gasteiger partial charge in [-0.15, -0.1) is 10.2 Å². The summed E-state index contributed by atoms with van der Waals surface area (Å²) in [4.78, 5) is 12.3. The van der Waals surface area contributed by atoms with Gasteiger partial charge in [-0.3, -0.25) is 10.1 Å². The van der Waals surface area contributed by atoms with E-state index in [1.165, 1.54) is 22.5 Å². The number of amides is 1. The predicted octanol–water partition coefficient (Wildman–Crippen LogP) is 6.63. The quantitative estimate of drug-likeness (QED) is 0.348. The molecule has 4 rings (SSSR count). The molecule has 5 nitrogen and oxygen atoms in total. The molecule has 0 spiro atoms. The number of anilines is 1. The molecule has 1 heterocycles. The van der Waals surface area contributed by atoms with E-state index in [1.54, 1.807) is 12.1 Å². The number of nitrogens with zero attached hydrogens (tertiary/aromatic N) is 2. The Bertz CT molecular complexity index is 1190. The first kappa shape index (κ1) is 20.3. The molecule has 7 heteroatoms. The molecule has 0 saturated carbocycles. The van der Waals surface area contributed by atoms with E-state index in [4.69, 9.17) is 4.74 Å². The minimum absolute atomic E-state index is 0.220. The molecule has 150 valence electrons. The van der Waals surface area contributed by atoms with Crippen molar-refractivity contribution < 1.29 is 9.53 Å². The van der Waals surface area contributed by atoms with E-state index < -0.39 is 0 Å². The summed E-state index contributed by atoms with van der Waals surface area (Å²) in [7, 11) is 0. The van der Waals surface area contributed by atoms with Crippen molar-refractivity contribution in [2.45, 2.75) is 13.8 Å². The van der Waals surface area contributed by atoms with Gasteiger partial charge in [-0.25, -0.2) is 0 Å². The van der Waals surface area contributed by atoms with Crippen LogP contribution in [0, 0.1) is 13.8 Å². The highest BCUT2D eigenvalue weighted by Gasteiger charge is 2.11. The number of nitrogens with one attached hydrogen (secondary N) is 1. The average Bonchev–Trinajstić information content (AvgIpc) is 3.20. The Labute approximate surface area is 186 Å². The lowest BCUT2D eigenvalue weighted by atomic mass is 10.1. The van der Waals surface area contributed by atoms with Gasteiger partial charge in [0.05, 0.1) is 0 Å². The Hall–Kier alpha value is -3.03. The number of halogens is 1. The van der Waals surface area contributed by atoms with Gasteiger partial charge in [0.2, 0.25) is 5.13 Å². The molecule has 0 aliphatic carbocycles. The van der Waals surface area contributed by atoms with Gasteiger partial charge in [0, 0.05) is 15.6 Å². The van der Waals surface area contributed by atoms with Crippen LogP contribution in [0.1, 0.15) is 21.5 Å². The minimum atomic E-state index is -0.220. The van der Waals surface area contributed by atoms with Crippen LogP contribution in [0.25, 0.3) is 10.6 Å². The lowest BCUT2D eigenvalue weighted by Gasteiger charge is -2.08. The fourth-order valence-electron chi connectivity index (χ4n) is 2.74. The van der Waals surface area contributed by atoms with Crippen molar-refractivity contribution in [3.05, 3.63) is 87.9 Å². The smallest absolute Gasteiger partial charge is 0.257 e. The van der Waals surface area contributed by atoms with Gasteiger partial charge in [0.1, 0.15) is 16.5 Å². The molecule has 30 heavy (non-hydrogen) atoms. The third-order valence-corrected chi connectivity index (χ3v) is 5.98. The van der Waals surface area contributed by atoms with Gasteiger partial charge in [0.15, 0.2) is 0 Å². The molecule has 3 aromatic carbocycles. The lowest BCUT2D eigenvalue weighted by molar-refractivity contribution is 0.102. The Morgan fingerprint density at radius 1 is 0.900 bits per heavy atom. The van der Waals surface area contributed by atoms with Crippen LogP contribution in [-0.2, 0) is 0 Å². The fourth-order valence-corrected chi connectivity index (χ4v) is 3.75. The lowest BCUT2D eigenvalue weighted by Crippen LogP contribution is -2.11. The van der Waals surface area contributed by atoms with Gasteiger partial charge in [-0.05, 0) is 85.6 Å². The second-order valence-corrected chi connectivity index (χ2v) is 8.64. The molecule has 0 aliphatic heterocycles. The summed E-state index contributed by atoms with van der Waals surface area (Å²) in [5.74, 6) is 1.33. The third-order valence-electron chi connectivity index (χ3n) is 4.57. The first-order valence-corrected chi connectivity index (χ1v) is 10.8. The highest BCUT2D eigenvalue weighted by molar-refractivity contribution is 9.10. The number of hydrogen-bond donors (Lipinski definition) is 1. The molecule has 1 aromatic heterocycles. The normalized spacial score (nSPS) is 10.6.